The van der Waals surface area contributed by atoms with Gasteiger partial charge in [0.2, 0.25) is 11.8 Å². The Labute approximate surface area is 219 Å². The molecule has 0 saturated heterocycles. The highest BCUT2D eigenvalue weighted by Crippen LogP contribution is 2.43. The lowest BCUT2D eigenvalue weighted by molar-refractivity contribution is -0.132. The predicted octanol–water partition coefficient (Wildman–Crippen LogP) is 5.64. The van der Waals surface area contributed by atoms with Gasteiger partial charge in [-0.3, -0.25) is 9.59 Å². The molecule has 1 amide bonds. The Balaban J connectivity index is 1.70. The molecular weight excluding hydrogens is 489 g/mol. The molecule has 1 aliphatic rings. The van der Waals surface area contributed by atoms with Crippen molar-refractivity contribution >= 4 is 17.6 Å². The lowest BCUT2D eigenvalue weighted by Gasteiger charge is -2.11. The van der Waals surface area contributed by atoms with Gasteiger partial charge in [0.05, 0.1) is 25.5 Å². The van der Waals surface area contributed by atoms with Crippen molar-refractivity contribution in [2.75, 3.05) is 19.5 Å². The molecule has 194 valence electrons. The first kappa shape index (κ1) is 25.0. The number of esters is 1. The first-order chi connectivity index (χ1) is 18.4. The van der Waals surface area contributed by atoms with Crippen molar-refractivity contribution in [1.29, 1.82) is 0 Å². The summed E-state index contributed by atoms with van der Waals surface area (Å²) in [6.07, 6.45) is 1.82. The Kier molecular flexibility index (Phi) is 6.83. The van der Waals surface area contributed by atoms with Gasteiger partial charge in [0.25, 0.3) is 0 Å². The molecule has 1 N–H and O–H groups in total. The summed E-state index contributed by atoms with van der Waals surface area (Å²) in [6, 6.07) is 18.3. The Hall–Kier alpha value is -4.66. The topological polar surface area (TPSA) is 91.7 Å². The van der Waals surface area contributed by atoms with Crippen LogP contribution in [0.25, 0.3) is 28.1 Å². The van der Waals surface area contributed by atoms with Gasteiger partial charge in [0, 0.05) is 30.2 Å². The maximum absolute atomic E-state index is 13.7. The molecule has 1 saturated carbocycles. The summed E-state index contributed by atoms with van der Waals surface area (Å²) in [4.78, 5) is 24.4. The molecule has 38 heavy (non-hydrogen) atoms. The summed E-state index contributed by atoms with van der Waals surface area (Å²) in [6.45, 7) is 1.30. The zero-order valence-electron chi connectivity index (χ0n) is 21.2. The van der Waals surface area contributed by atoms with Crippen LogP contribution in [-0.2, 0) is 9.59 Å². The van der Waals surface area contributed by atoms with Gasteiger partial charge in [-0.25, -0.2) is 4.39 Å². The van der Waals surface area contributed by atoms with E-state index in [4.69, 9.17) is 19.3 Å². The number of benzene rings is 3. The highest BCUT2D eigenvalue weighted by atomic mass is 19.1. The maximum atomic E-state index is 13.7. The zero-order chi connectivity index (χ0) is 26.8. The van der Waals surface area contributed by atoms with Gasteiger partial charge in [0.15, 0.2) is 0 Å². The molecule has 1 aromatic heterocycles. The monoisotopic (exact) mass is 515 g/mol. The molecule has 0 aliphatic heterocycles. The van der Waals surface area contributed by atoms with Crippen molar-refractivity contribution in [3.8, 4) is 45.5 Å². The molecular formula is C29H26FN3O5. The minimum absolute atomic E-state index is 0.00615. The Morgan fingerprint density at radius 1 is 0.921 bits per heavy atom. The first-order valence-electron chi connectivity index (χ1n) is 12.1. The second kappa shape index (κ2) is 10.4. The van der Waals surface area contributed by atoms with Crippen LogP contribution >= 0.6 is 0 Å². The summed E-state index contributed by atoms with van der Waals surface area (Å²) in [7, 11) is 3.10. The van der Waals surface area contributed by atoms with Crippen molar-refractivity contribution in [3.05, 3.63) is 72.5 Å². The van der Waals surface area contributed by atoms with Crippen LogP contribution in [0.3, 0.4) is 0 Å². The van der Waals surface area contributed by atoms with Crippen LogP contribution in [0.4, 0.5) is 10.1 Å². The van der Waals surface area contributed by atoms with Crippen LogP contribution < -0.4 is 19.5 Å². The van der Waals surface area contributed by atoms with Crippen LogP contribution in [0.5, 0.6) is 17.4 Å². The average Bonchev–Trinajstić information content (AvgIpc) is 3.71. The second-order valence-electron chi connectivity index (χ2n) is 8.95. The quantitative estimate of drug-likeness (QED) is 0.306. The van der Waals surface area contributed by atoms with Crippen LogP contribution in [-0.4, -0.2) is 35.9 Å². The molecule has 0 unspecified atom stereocenters. The fourth-order valence-corrected chi connectivity index (χ4v) is 4.11. The number of ether oxygens (including phenoxy) is 3. The number of carbonyl (C=O) groups is 2. The van der Waals surface area contributed by atoms with E-state index in [1.54, 1.807) is 56.7 Å². The third kappa shape index (κ3) is 5.22. The molecule has 0 radical (unpaired) electrons. The molecule has 4 aromatic rings. The summed E-state index contributed by atoms with van der Waals surface area (Å²) in [5.41, 5.74) is 3.51. The van der Waals surface area contributed by atoms with Crippen molar-refractivity contribution < 1.29 is 28.2 Å². The van der Waals surface area contributed by atoms with Gasteiger partial charge in [-0.2, -0.15) is 9.78 Å². The molecule has 8 nitrogen and oxygen atoms in total. The van der Waals surface area contributed by atoms with E-state index in [-0.39, 0.29) is 17.7 Å². The fourth-order valence-electron chi connectivity index (χ4n) is 4.11. The minimum Gasteiger partial charge on any atom is -0.497 e. The number of carbonyl (C=O) groups excluding carboxylic acids is 2. The number of nitrogens with one attached hydrogen (secondary N) is 1. The van der Waals surface area contributed by atoms with Crippen LogP contribution in [0.2, 0.25) is 0 Å². The van der Waals surface area contributed by atoms with E-state index in [9.17, 15) is 14.0 Å². The van der Waals surface area contributed by atoms with E-state index in [1.807, 2.05) is 12.1 Å². The highest BCUT2D eigenvalue weighted by Gasteiger charge is 2.30. The number of rotatable bonds is 8. The van der Waals surface area contributed by atoms with Gasteiger partial charge in [-0.15, -0.1) is 0 Å². The standard InChI is InChI=1S/C29H26FN3O5/c1-17(34)38-29-26(18-6-10-22(11-7-18)31-28(35)19-4-5-19)27(20-14-24(36-2)16-25(15-20)37-3)32-33(29)23-12-8-21(30)9-13-23/h6-16,19H,4-5H2,1-3H3,(H,31,35). The van der Waals surface area contributed by atoms with Crippen molar-refractivity contribution in [2.45, 2.75) is 19.8 Å². The Morgan fingerprint density at radius 2 is 1.55 bits per heavy atom. The van der Waals surface area contributed by atoms with E-state index in [0.717, 1.165) is 12.8 Å². The summed E-state index contributed by atoms with van der Waals surface area (Å²) >= 11 is 0. The maximum Gasteiger partial charge on any atom is 0.309 e. The third-order valence-corrected chi connectivity index (χ3v) is 6.17. The highest BCUT2D eigenvalue weighted by molar-refractivity contribution is 5.95. The first-order valence-corrected chi connectivity index (χ1v) is 12.1. The second-order valence-corrected chi connectivity index (χ2v) is 8.95. The molecule has 1 heterocycles. The average molecular weight is 516 g/mol. The van der Waals surface area contributed by atoms with Gasteiger partial charge >= 0.3 is 5.97 Å². The number of aromatic nitrogens is 2. The van der Waals surface area contributed by atoms with Gasteiger partial charge in [-0.1, -0.05) is 12.1 Å². The van der Waals surface area contributed by atoms with Gasteiger partial charge in [-0.05, 0) is 66.9 Å². The number of anilines is 1. The van der Waals surface area contributed by atoms with E-state index >= 15 is 0 Å². The van der Waals surface area contributed by atoms with Crippen molar-refractivity contribution in [2.24, 2.45) is 5.92 Å². The van der Waals surface area contributed by atoms with Crippen molar-refractivity contribution in [1.82, 2.24) is 9.78 Å². The van der Waals surface area contributed by atoms with Gasteiger partial charge in [0.1, 0.15) is 23.0 Å². The van der Waals surface area contributed by atoms with E-state index in [2.05, 4.69) is 5.32 Å². The number of methoxy groups -OCH3 is 2. The minimum atomic E-state index is -0.544. The largest absolute Gasteiger partial charge is 0.497 e. The molecule has 1 aliphatic carbocycles. The van der Waals surface area contributed by atoms with E-state index in [0.29, 0.717) is 45.3 Å². The molecule has 9 heteroatoms. The summed E-state index contributed by atoms with van der Waals surface area (Å²) < 4.78 is 31.8. The molecule has 0 atom stereocenters. The van der Waals surface area contributed by atoms with Gasteiger partial charge < -0.3 is 19.5 Å². The Morgan fingerprint density at radius 3 is 2.11 bits per heavy atom. The van der Waals surface area contributed by atoms with E-state index < -0.39 is 11.8 Å². The third-order valence-electron chi connectivity index (χ3n) is 6.17. The zero-order valence-corrected chi connectivity index (χ0v) is 21.2. The number of amides is 1. The molecule has 3 aromatic carbocycles. The molecule has 5 rings (SSSR count). The molecule has 1 fully saturated rings. The number of nitrogens with zero attached hydrogens (tertiary/aromatic N) is 2. The number of hydrogen-bond acceptors (Lipinski definition) is 6. The SMILES string of the molecule is COc1cc(OC)cc(-c2nn(-c3ccc(F)cc3)c(OC(C)=O)c2-c2ccc(NC(=O)C3CC3)cc2)c1. The van der Waals surface area contributed by atoms with Crippen LogP contribution in [0, 0.1) is 11.7 Å². The molecule has 0 bridgehead atoms. The van der Waals surface area contributed by atoms with E-state index in [1.165, 1.54) is 23.7 Å². The summed E-state index contributed by atoms with van der Waals surface area (Å²) in [5.74, 6) is 0.396. The Bertz CT molecular complexity index is 1470. The number of hydrogen-bond donors (Lipinski definition) is 1. The van der Waals surface area contributed by atoms with Crippen LogP contribution in [0.15, 0.2) is 66.7 Å². The predicted molar refractivity (Wildman–Crippen MR) is 140 cm³/mol. The van der Waals surface area contributed by atoms with Crippen LogP contribution in [0.1, 0.15) is 19.8 Å². The van der Waals surface area contributed by atoms with Crippen molar-refractivity contribution in [3.63, 3.8) is 0 Å². The summed E-state index contributed by atoms with van der Waals surface area (Å²) in [5, 5.41) is 7.73. The molecule has 0 spiro atoms. The lowest BCUT2D eigenvalue weighted by Crippen LogP contribution is -2.13. The normalized spacial score (nSPS) is 12.6. The smallest absolute Gasteiger partial charge is 0.309 e. The fraction of sp³-hybridized carbons (Fsp3) is 0.207. The number of halogens is 1. The lowest BCUT2D eigenvalue weighted by atomic mass is 10.0.